The molecule has 0 radical (unpaired) electrons. The Kier molecular flexibility index (Phi) is 4.52. The van der Waals surface area contributed by atoms with Crippen molar-refractivity contribution in [2.24, 2.45) is 5.73 Å². The number of primary amides is 1. The molecule has 1 fully saturated rings. The van der Waals surface area contributed by atoms with E-state index in [9.17, 15) is 14.7 Å². The summed E-state index contributed by atoms with van der Waals surface area (Å²) in [6.45, 7) is 1.47. The molecule has 0 unspecified atom stereocenters. The third-order valence-corrected chi connectivity index (χ3v) is 3.31. The van der Waals surface area contributed by atoms with Gasteiger partial charge >= 0.3 is 0 Å². The summed E-state index contributed by atoms with van der Waals surface area (Å²) >= 11 is 0. The van der Waals surface area contributed by atoms with E-state index in [0.29, 0.717) is 0 Å². The molecule has 7 heteroatoms. The molecular weight excluding hydrogens is 260 g/mol. The molecule has 108 valence electrons. The van der Waals surface area contributed by atoms with E-state index >= 15 is 0 Å². The van der Waals surface area contributed by atoms with Gasteiger partial charge < -0.3 is 21.1 Å². The van der Waals surface area contributed by atoms with Crippen molar-refractivity contribution in [3.8, 4) is 5.75 Å². The molecular formula is C13H18N4O3. The van der Waals surface area contributed by atoms with Gasteiger partial charge in [0.05, 0.1) is 18.3 Å². The lowest BCUT2D eigenvalue weighted by atomic mass is 10.0. The maximum Gasteiger partial charge on any atom is 0.256 e. The Morgan fingerprint density at radius 1 is 1.40 bits per heavy atom. The van der Waals surface area contributed by atoms with E-state index in [-0.39, 0.29) is 29.8 Å². The van der Waals surface area contributed by atoms with E-state index < -0.39 is 5.91 Å². The minimum atomic E-state index is -0.551. The fourth-order valence-corrected chi connectivity index (χ4v) is 2.36. The minimum absolute atomic E-state index is 0.0291. The highest BCUT2D eigenvalue weighted by Crippen LogP contribution is 2.17. The number of nitrogens with zero attached hydrogens (tertiary/aromatic N) is 2. The Labute approximate surface area is 116 Å². The average molecular weight is 278 g/mol. The number of piperidine rings is 1. The molecule has 4 N–H and O–H groups in total. The van der Waals surface area contributed by atoms with E-state index in [1.807, 2.05) is 0 Å². The third kappa shape index (κ3) is 3.45. The smallest absolute Gasteiger partial charge is 0.256 e. The summed E-state index contributed by atoms with van der Waals surface area (Å²) in [5.41, 5.74) is 5.49. The van der Waals surface area contributed by atoms with Crippen molar-refractivity contribution in [2.45, 2.75) is 18.9 Å². The second kappa shape index (κ2) is 6.33. The van der Waals surface area contributed by atoms with Crippen molar-refractivity contribution in [3.63, 3.8) is 0 Å². The summed E-state index contributed by atoms with van der Waals surface area (Å²) in [5.74, 6) is -0.968. The Morgan fingerprint density at radius 3 is 2.70 bits per heavy atom. The maximum atomic E-state index is 12.5. The monoisotopic (exact) mass is 278 g/mol. The number of nitrogens with two attached hydrogens (primary N) is 1. The normalized spacial score (nSPS) is 15.8. The predicted octanol–water partition coefficient (Wildman–Crippen LogP) is -0.533. The second-order valence-corrected chi connectivity index (χ2v) is 4.81. The fraction of sp³-hybridized carbons (Fsp3) is 0.462. The number of carbonyl (C=O) groups excluding carboxylic acids is 2. The van der Waals surface area contributed by atoms with Crippen LogP contribution in [0.25, 0.3) is 0 Å². The highest BCUT2D eigenvalue weighted by molar-refractivity contribution is 5.96. The summed E-state index contributed by atoms with van der Waals surface area (Å²) in [4.78, 5) is 28.9. The van der Waals surface area contributed by atoms with Crippen LogP contribution in [0.3, 0.4) is 0 Å². The van der Waals surface area contributed by atoms with Gasteiger partial charge in [-0.1, -0.05) is 0 Å². The first-order valence-electron chi connectivity index (χ1n) is 6.52. The van der Waals surface area contributed by atoms with Crippen LogP contribution in [0, 0.1) is 0 Å². The van der Waals surface area contributed by atoms with E-state index in [2.05, 4.69) is 10.3 Å². The van der Waals surface area contributed by atoms with Gasteiger partial charge in [-0.2, -0.15) is 0 Å². The number of aromatic nitrogens is 1. The van der Waals surface area contributed by atoms with Gasteiger partial charge in [-0.3, -0.25) is 14.6 Å². The van der Waals surface area contributed by atoms with Crippen molar-refractivity contribution in [2.75, 3.05) is 19.6 Å². The van der Waals surface area contributed by atoms with E-state index in [1.165, 1.54) is 23.4 Å². The van der Waals surface area contributed by atoms with Crippen LogP contribution in [-0.2, 0) is 4.79 Å². The first-order valence-corrected chi connectivity index (χ1v) is 6.52. The van der Waals surface area contributed by atoms with E-state index in [4.69, 9.17) is 5.73 Å². The van der Waals surface area contributed by atoms with Gasteiger partial charge in [0.25, 0.3) is 5.91 Å². The molecule has 2 amide bonds. The largest absolute Gasteiger partial charge is 0.506 e. The van der Waals surface area contributed by atoms with Gasteiger partial charge in [0.15, 0.2) is 0 Å². The average Bonchev–Trinajstić information content (AvgIpc) is 2.45. The summed E-state index contributed by atoms with van der Waals surface area (Å²) < 4.78 is 0. The fourth-order valence-electron chi connectivity index (χ4n) is 2.36. The van der Waals surface area contributed by atoms with Gasteiger partial charge in [0.1, 0.15) is 5.75 Å². The summed E-state index contributed by atoms with van der Waals surface area (Å²) in [6, 6.07) is 1.31. The van der Waals surface area contributed by atoms with Crippen molar-refractivity contribution >= 4 is 11.8 Å². The standard InChI is InChI=1S/C13H18N4O3/c14-12(19)8-17(10-1-3-15-4-2-10)13(20)9-5-11(18)7-16-6-9/h5-7,10,15,18H,1-4,8H2,(H2,14,19). The number of nitrogens with one attached hydrogen (secondary N) is 1. The maximum absolute atomic E-state index is 12.5. The van der Waals surface area contributed by atoms with Crippen molar-refractivity contribution in [3.05, 3.63) is 24.0 Å². The Balaban J connectivity index is 2.20. The molecule has 2 heterocycles. The lowest BCUT2D eigenvalue weighted by Gasteiger charge is -2.33. The molecule has 0 saturated carbocycles. The number of rotatable bonds is 4. The van der Waals surface area contributed by atoms with Crippen LogP contribution in [0.1, 0.15) is 23.2 Å². The molecule has 1 aliphatic heterocycles. The molecule has 2 rings (SSSR count). The van der Waals surface area contributed by atoms with E-state index in [0.717, 1.165) is 25.9 Å². The zero-order valence-corrected chi connectivity index (χ0v) is 11.1. The molecule has 0 aliphatic carbocycles. The topological polar surface area (TPSA) is 109 Å². The molecule has 20 heavy (non-hydrogen) atoms. The van der Waals surface area contributed by atoms with Crippen LogP contribution < -0.4 is 11.1 Å². The number of hydrogen-bond acceptors (Lipinski definition) is 5. The van der Waals surface area contributed by atoms with Gasteiger partial charge in [-0.05, 0) is 32.0 Å². The number of carbonyl (C=O) groups is 2. The number of amides is 2. The van der Waals surface area contributed by atoms with Crippen LogP contribution in [0.15, 0.2) is 18.5 Å². The lowest BCUT2D eigenvalue weighted by Crippen LogP contribution is -2.49. The van der Waals surface area contributed by atoms with Gasteiger partial charge in [-0.15, -0.1) is 0 Å². The van der Waals surface area contributed by atoms with Crippen LogP contribution >= 0.6 is 0 Å². The first-order chi connectivity index (χ1) is 9.58. The van der Waals surface area contributed by atoms with Gasteiger partial charge in [0, 0.05) is 12.2 Å². The number of pyridine rings is 1. The molecule has 0 aromatic carbocycles. The highest BCUT2D eigenvalue weighted by Gasteiger charge is 2.27. The summed E-state index contributed by atoms with van der Waals surface area (Å²) in [5, 5.41) is 12.6. The first kappa shape index (κ1) is 14.3. The SMILES string of the molecule is NC(=O)CN(C(=O)c1cncc(O)c1)C1CCNCC1. The molecule has 1 aromatic rings. The molecule has 0 atom stereocenters. The Hall–Kier alpha value is -2.15. The quantitative estimate of drug-likeness (QED) is 0.686. The van der Waals surface area contributed by atoms with Crippen molar-refractivity contribution < 1.29 is 14.7 Å². The second-order valence-electron chi connectivity index (χ2n) is 4.81. The summed E-state index contributed by atoms with van der Waals surface area (Å²) in [6.07, 6.45) is 4.16. The van der Waals surface area contributed by atoms with Crippen molar-refractivity contribution in [1.82, 2.24) is 15.2 Å². The lowest BCUT2D eigenvalue weighted by molar-refractivity contribution is -0.119. The van der Waals surface area contributed by atoms with Crippen LogP contribution in [0.5, 0.6) is 5.75 Å². The zero-order valence-electron chi connectivity index (χ0n) is 11.1. The molecule has 7 nitrogen and oxygen atoms in total. The summed E-state index contributed by atoms with van der Waals surface area (Å²) in [7, 11) is 0. The molecule has 1 aromatic heterocycles. The molecule has 1 aliphatic rings. The Bertz CT molecular complexity index is 500. The predicted molar refractivity (Wildman–Crippen MR) is 72.0 cm³/mol. The number of hydrogen-bond donors (Lipinski definition) is 3. The zero-order chi connectivity index (χ0) is 14.5. The molecule has 1 saturated heterocycles. The Morgan fingerprint density at radius 2 is 2.10 bits per heavy atom. The van der Waals surface area contributed by atoms with Gasteiger partial charge in [-0.25, -0.2) is 0 Å². The van der Waals surface area contributed by atoms with E-state index in [1.54, 1.807) is 0 Å². The third-order valence-electron chi connectivity index (χ3n) is 3.31. The molecule has 0 bridgehead atoms. The van der Waals surface area contributed by atoms with Crippen molar-refractivity contribution in [1.29, 1.82) is 0 Å². The van der Waals surface area contributed by atoms with Crippen LogP contribution in [-0.4, -0.2) is 52.5 Å². The highest BCUT2D eigenvalue weighted by atomic mass is 16.3. The van der Waals surface area contributed by atoms with Crippen LogP contribution in [0.2, 0.25) is 0 Å². The minimum Gasteiger partial charge on any atom is -0.506 e. The number of aromatic hydroxyl groups is 1. The molecule has 0 spiro atoms. The van der Waals surface area contributed by atoms with Gasteiger partial charge in [0.2, 0.25) is 5.91 Å². The van der Waals surface area contributed by atoms with Crippen LogP contribution in [0.4, 0.5) is 0 Å².